The first-order valence-corrected chi connectivity index (χ1v) is 6.41. The van der Waals surface area contributed by atoms with Crippen LogP contribution < -0.4 is 10.6 Å². The largest absolute Gasteiger partial charge is 0.397 e. The highest BCUT2D eigenvalue weighted by Gasteiger charge is 2.32. The second kappa shape index (κ2) is 3.85. The molecule has 1 fully saturated rings. The van der Waals surface area contributed by atoms with E-state index in [4.69, 9.17) is 5.73 Å². The van der Waals surface area contributed by atoms with E-state index in [0.29, 0.717) is 0 Å². The summed E-state index contributed by atoms with van der Waals surface area (Å²) in [6.45, 7) is 5.70. The maximum absolute atomic E-state index is 6.08. The van der Waals surface area contributed by atoms with Crippen molar-refractivity contribution < 1.29 is 0 Å². The first kappa shape index (κ1) is 11.0. The predicted molar refractivity (Wildman–Crippen MR) is 74.2 cm³/mol. The summed E-state index contributed by atoms with van der Waals surface area (Å²) in [7, 11) is 0. The van der Waals surface area contributed by atoms with Gasteiger partial charge in [-0.1, -0.05) is 0 Å². The number of nitrogens with two attached hydrogens (primary N) is 1. The minimum atomic E-state index is 0.251. The molecule has 0 saturated carbocycles. The van der Waals surface area contributed by atoms with E-state index < -0.39 is 0 Å². The lowest BCUT2D eigenvalue weighted by Crippen LogP contribution is -2.38. The summed E-state index contributed by atoms with van der Waals surface area (Å²) in [5, 5.41) is 0. The topological polar surface area (TPSA) is 29.3 Å². The first-order valence-electron chi connectivity index (χ1n) is 5.33. The molecule has 15 heavy (non-hydrogen) atoms. The predicted octanol–water partition coefficient (Wildman–Crippen LogP) is 3.25. The van der Waals surface area contributed by atoms with Crippen LogP contribution in [0, 0.1) is 3.57 Å². The van der Waals surface area contributed by atoms with E-state index >= 15 is 0 Å². The van der Waals surface area contributed by atoms with Crippen molar-refractivity contribution in [3.8, 4) is 0 Å². The van der Waals surface area contributed by atoms with Gasteiger partial charge in [-0.15, -0.1) is 0 Å². The Morgan fingerprint density at radius 2 is 2.13 bits per heavy atom. The number of anilines is 2. The van der Waals surface area contributed by atoms with Crippen molar-refractivity contribution in [2.75, 3.05) is 17.2 Å². The van der Waals surface area contributed by atoms with Gasteiger partial charge in [0.2, 0.25) is 0 Å². The average Bonchev–Trinajstić information content (AvgIpc) is 2.46. The van der Waals surface area contributed by atoms with Crippen LogP contribution in [-0.2, 0) is 0 Å². The minimum absolute atomic E-state index is 0.251. The average molecular weight is 316 g/mol. The molecule has 0 aliphatic carbocycles. The molecule has 1 saturated heterocycles. The molecule has 0 unspecified atom stereocenters. The zero-order valence-corrected chi connectivity index (χ0v) is 11.4. The molecule has 82 valence electrons. The van der Waals surface area contributed by atoms with Crippen LogP contribution in [0.25, 0.3) is 0 Å². The Hall–Kier alpha value is -0.450. The molecule has 0 radical (unpaired) electrons. The highest BCUT2D eigenvalue weighted by Crippen LogP contribution is 2.36. The molecule has 0 bridgehead atoms. The lowest BCUT2D eigenvalue weighted by atomic mass is 10.0. The van der Waals surface area contributed by atoms with Gasteiger partial charge in [0.1, 0.15) is 0 Å². The highest BCUT2D eigenvalue weighted by molar-refractivity contribution is 14.1. The third-order valence-electron chi connectivity index (χ3n) is 3.18. The summed E-state index contributed by atoms with van der Waals surface area (Å²) in [4.78, 5) is 2.43. The van der Waals surface area contributed by atoms with Crippen LogP contribution in [0.1, 0.15) is 26.7 Å². The van der Waals surface area contributed by atoms with E-state index in [9.17, 15) is 0 Å². The Morgan fingerprint density at radius 3 is 2.67 bits per heavy atom. The summed E-state index contributed by atoms with van der Waals surface area (Å²) in [5.74, 6) is 0. The van der Waals surface area contributed by atoms with E-state index in [1.165, 1.54) is 22.1 Å². The van der Waals surface area contributed by atoms with Crippen LogP contribution in [0.5, 0.6) is 0 Å². The van der Waals surface area contributed by atoms with Gasteiger partial charge in [0.05, 0.1) is 11.4 Å². The summed E-state index contributed by atoms with van der Waals surface area (Å²) in [6, 6.07) is 6.31. The molecule has 3 heteroatoms. The molecule has 0 amide bonds. The van der Waals surface area contributed by atoms with Gasteiger partial charge in [-0.25, -0.2) is 0 Å². The molecule has 0 spiro atoms. The lowest BCUT2D eigenvalue weighted by Gasteiger charge is -2.34. The molecule has 2 nitrogen and oxygen atoms in total. The molecular formula is C12H17IN2. The Bertz CT molecular complexity index is 374. The Morgan fingerprint density at radius 1 is 1.40 bits per heavy atom. The Labute approximate surface area is 105 Å². The van der Waals surface area contributed by atoms with Crippen molar-refractivity contribution in [3.63, 3.8) is 0 Å². The maximum Gasteiger partial charge on any atom is 0.0605 e. The van der Waals surface area contributed by atoms with Gasteiger partial charge in [-0.05, 0) is 67.5 Å². The number of halogens is 1. The monoisotopic (exact) mass is 316 g/mol. The third-order valence-corrected chi connectivity index (χ3v) is 3.85. The zero-order chi connectivity index (χ0) is 11.1. The molecule has 1 heterocycles. The van der Waals surface area contributed by atoms with Crippen LogP contribution in [0.2, 0.25) is 0 Å². The molecule has 1 aromatic rings. The van der Waals surface area contributed by atoms with Crippen LogP contribution in [0.4, 0.5) is 11.4 Å². The molecule has 2 rings (SSSR count). The molecule has 2 N–H and O–H groups in total. The quantitative estimate of drug-likeness (QED) is 0.636. The summed E-state index contributed by atoms with van der Waals surface area (Å²) < 4.78 is 1.20. The van der Waals surface area contributed by atoms with Crippen molar-refractivity contribution in [2.45, 2.75) is 32.2 Å². The molecule has 1 aliphatic rings. The van der Waals surface area contributed by atoms with Gasteiger partial charge in [-0.2, -0.15) is 0 Å². The summed E-state index contributed by atoms with van der Waals surface area (Å²) in [5.41, 5.74) is 8.42. The first-order chi connectivity index (χ1) is 7.00. The van der Waals surface area contributed by atoms with Gasteiger partial charge in [-0.3, -0.25) is 0 Å². The highest BCUT2D eigenvalue weighted by atomic mass is 127. The minimum Gasteiger partial charge on any atom is -0.397 e. The number of benzene rings is 1. The van der Waals surface area contributed by atoms with E-state index in [0.717, 1.165) is 12.2 Å². The molecule has 0 aromatic heterocycles. The molecule has 1 aromatic carbocycles. The van der Waals surface area contributed by atoms with Gasteiger partial charge in [0.15, 0.2) is 0 Å². The van der Waals surface area contributed by atoms with Gasteiger partial charge in [0, 0.05) is 15.7 Å². The number of hydrogen-bond acceptors (Lipinski definition) is 2. The molecule has 0 atom stereocenters. The Balaban J connectivity index is 2.37. The van der Waals surface area contributed by atoms with Crippen LogP contribution in [0.3, 0.4) is 0 Å². The van der Waals surface area contributed by atoms with Crippen molar-refractivity contribution in [1.82, 2.24) is 0 Å². The van der Waals surface area contributed by atoms with E-state index in [-0.39, 0.29) is 5.54 Å². The number of hydrogen-bond donors (Lipinski definition) is 1. The summed E-state index contributed by atoms with van der Waals surface area (Å²) in [6.07, 6.45) is 2.51. The van der Waals surface area contributed by atoms with Crippen molar-refractivity contribution in [3.05, 3.63) is 21.8 Å². The van der Waals surface area contributed by atoms with Gasteiger partial charge in [0.25, 0.3) is 0 Å². The van der Waals surface area contributed by atoms with Crippen molar-refractivity contribution in [2.24, 2.45) is 0 Å². The zero-order valence-electron chi connectivity index (χ0n) is 9.26. The third kappa shape index (κ3) is 2.07. The number of nitrogen functional groups attached to an aromatic ring is 1. The van der Waals surface area contributed by atoms with E-state index in [1.54, 1.807) is 0 Å². The number of nitrogens with zero attached hydrogens (tertiary/aromatic N) is 1. The maximum atomic E-state index is 6.08. The number of rotatable bonds is 1. The van der Waals surface area contributed by atoms with Crippen LogP contribution >= 0.6 is 22.6 Å². The van der Waals surface area contributed by atoms with Gasteiger partial charge >= 0.3 is 0 Å². The second-order valence-electron chi connectivity index (χ2n) is 4.77. The van der Waals surface area contributed by atoms with E-state index in [1.807, 2.05) is 6.07 Å². The fourth-order valence-electron chi connectivity index (χ4n) is 2.33. The van der Waals surface area contributed by atoms with Crippen molar-refractivity contribution in [1.29, 1.82) is 0 Å². The fraction of sp³-hybridized carbons (Fsp3) is 0.500. The fourth-order valence-corrected chi connectivity index (χ4v) is 2.84. The normalized spacial score (nSPS) is 19.5. The lowest BCUT2D eigenvalue weighted by molar-refractivity contribution is 0.518. The van der Waals surface area contributed by atoms with Gasteiger partial charge < -0.3 is 10.6 Å². The van der Waals surface area contributed by atoms with Crippen LogP contribution in [0.15, 0.2) is 18.2 Å². The van der Waals surface area contributed by atoms with E-state index in [2.05, 4.69) is 53.5 Å². The smallest absolute Gasteiger partial charge is 0.0605 e. The summed E-state index contributed by atoms with van der Waals surface area (Å²) >= 11 is 2.30. The Kier molecular flexibility index (Phi) is 2.83. The van der Waals surface area contributed by atoms with Crippen molar-refractivity contribution >= 4 is 34.0 Å². The standard InChI is InChI=1S/C12H17IN2/c1-12(2)6-3-7-15(12)11-5-4-9(13)8-10(11)14/h4-5,8H,3,6-7,14H2,1-2H3. The second-order valence-corrected chi connectivity index (χ2v) is 6.02. The molecular weight excluding hydrogens is 299 g/mol. The molecule has 1 aliphatic heterocycles. The van der Waals surface area contributed by atoms with Crippen LogP contribution in [-0.4, -0.2) is 12.1 Å². The SMILES string of the molecule is CC1(C)CCCN1c1ccc(I)cc1N.